The second kappa shape index (κ2) is 9.51. The van der Waals surface area contributed by atoms with Crippen LogP contribution < -0.4 is 0 Å². The number of ether oxygens (including phenoxy) is 2. The highest BCUT2D eigenvalue weighted by atomic mass is 16.6. The number of unbranched alkanes of at least 4 members (excludes halogenated alkanes) is 1. The van der Waals surface area contributed by atoms with E-state index >= 15 is 0 Å². The number of carbonyl (C=O) groups is 1. The second-order valence-corrected chi connectivity index (χ2v) is 6.66. The molecule has 2 atom stereocenters. The fraction of sp³-hybridized carbons (Fsp3) is 0.409. The van der Waals surface area contributed by atoms with Crippen molar-refractivity contribution in [2.45, 2.75) is 51.7 Å². The molecule has 138 valence electrons. The van der Waals surface area contributed by atoms with E-state index in [2.05, 4.69) is 6.92 Å². The number of amides is 1. The normalized spacial score (nSPS) is 19.9. The lowest BCUT2D eigenvalue weighted by atomic mass is 10.2. The molecule has 1 saturated heterocycles. The van der Waals surface area contributed by atoms with E-state index in [9.17, 15) is 4.79 Å². The molecule has 0 spiro atoms. The number of rotatable bonds is 9. The van der Waals surface area contributed by atoms with Crippen LogP contribution in [0.4, 0.5) is 0 Å². The average molecular weight is 353 g/mol. The minimum absolute atomic E-state index is 0.0911. The van der Waals surface area contributed by atoms with Crippen LogP contribution in [0.3, 0.4) is 0 Å². The van der Waals surface area contributed by atoms with Gasteiger partial charge in [-0.3, -0.25) is 4.79 Å². The summed E-state index contributed by atoms with van der Waals surface area (Å²) in [5.41, 5.74) is 2.21. The van der Waals surface area contributed by atoms with Gasteiger partial charge in [-0.05, 0) is 17.5 Å². The molecule has 0 bridgehead atoms. The molecule has 0 aromatic heterocycles. The largest absolute Gasteiger partial charge is 0.368 e. The van der Waals surface area contributed by atoms with Crippen molar-refractivity contribution >= 4 is 5.91 Å². The molecule has 3 rings (SSSR count). The molecule has 0 radical (unpaired) electrons. The van der Waals surface area contributed by atoms with E-state index in [1.165, 1.54) is 0 Å². The van der Waals surface area contributed by atoms with Gasteiger partial charge in [0.2, 0.25) is 5.91 Å². The van der Waals surface area contributed by atoms with Crippen molar-refractivity contribution in [3.05, 3.63) is 71.8 Å². The Hall–Kier alpha value is -2.17. The SMILES string of the molecule is CCCCO[C@H]1[C@@H](OCc2ccccc2)CC(=O)N1Cc1ccccc1. The first-order chi connectivity index (χ1) is 12.8. The molecule has 4 heteroatoms. The molecule has 1 aliphatic heterocycles. The van der Waals surface area contributed by atoms with Gasteiger partial charge in [-0.2, -0.15) is 0 Å². The summed E-state index contributed by atoms with van der Waals surface area (Å²) >= 11 is 0. The molecule has 1 heterocycles. The quantitative estimate of drug-likeness (QED) is 0.636. The summed E-state index contributed by atoms with van der Waals surface area (Å²) in [6.45, 7) is 3.83. The summed E-state index contributed by atoms with van der Waals surface area (Å²) in [6, 6.07) is 20.1. The van der Waals surface area contributed by atoms with Crippen LogP contribution in [-0.4, -0.2) is 29.7 Å². The molecule has 2 aromatic carbocycles. The Kier molecular flexibility index (Phi) is 6.81. The smallest absolute Gasteiger partial charge is 0.227 e. The van der Waals surface area contributed by atoms with Crippen LogP contribution in [0.2, 0.25) is 0 Å². The Morgan fingerprint density at radius 1 is 0.962 bits per heavy atom. The number of hydrogen-bond donors (Lipinski definition) is 0. The monoisotopic (exact) mass is 353 g/mol. The molecule has 1 amide bonds. The zero-order valence-electron chi connectivity index (χ0n) is 15.3. The van der Waals surface area contributed by atoms with Gasteiger partial charge in [0.1, 0.15) is 6.10 Å². The van der Waals surface area contributed by atoms with Crippen molar-refractivity contribution in [1.29, 1.82) is 0 Å². The van der Waals surface area contributed by atoms with E-state index < -0.39 is 0 Å². The highest BCUT2D eigenvalue weighted by molar-refractivity contribution is 5.79. The molecular formula is C22H27NO3. The standard InChI is InChI=1S/C22H27NO3/c1-2-3-14-25-22-20(26-17-19-12-8-5-9-13-19)15-21(24)23(22)16-18-10-6-4-7-11-18/h4-13,20,22H,2-3,14-17H2,1H3/t20-,22-/m0/s1. The van der Waals surface area contributed by atoms with Gasteiger partial charge in [0.05, 0.1) is 13.0 Å². The van der Waals surface area contributed by atoms with Gasteiger partial charge in [0.25, 0.3) is 0 Å². The molecule has 0 unspecified atom stereocenters. The van der Waals surface area contributed by atoms with Gasteiger partial charge >= 0.3 is 0 Å². The lowest BCUT2D eigenvalue weighted by Gasteiger charge is -2.28. The molecule has 0 aliphatic carbocycles. The summed E-state index contributed by atoms with van der Waals surface area (Å²) in [6.07, 6.45) is 1.86. The van der Waals surface area contributed by atoms with E-state index in [0.29, 0.717) is 26.2 Å². The molecule has 0 N–H and O–H groups in total. The van der Waals surface area contributed by atoms with E-state index in [4.69, 9.17) is 9.47 Å². The summed E-state index contributed by atoms with van der Waals surface area (Å²) in [4.78, 5) is 14.4. The van der Waals surface area contributed by atoms with Gasteiger partial charge in [0, 0.05) is 13.2 Å². The van der Waals surface area contributed by atoms with Crippen molar-refractivity contribution in [1.82, 2.24) is 4.90 Å². The first kappa shape index (κ1) is 18.6. The van der Waals surface area contributed by atoms with Crippen molar-refractivity contribution in [2.24, 2.45) is 0 Å². The third-order valence-electron chi connectivity index (χ3n) is 4.61. The summed E-state index contributed by atoms with van der Waals surface area (Å²) in [5, 5.41) is 0. The minimum Gasteiger partial charge on any atom is -0.368 e. The summed E-state index contributed by atoms with van der Waals surface area (Å²) in [5.74, 6) is 0.0911. The maximum atomic E-state index is 12.6. The van der Waals surface area contributed by atoms with Crippen LogP contribution in [0, 0.1) is 0 Å². The highest BCUT2D eigenvalue weighted by Crippen LogP contribution is 2.26. The van der Waals surface area contributed by atoms with Gasteiger partial charge < -0.3 is 14.4 Å². The minimum atomic E-state index is -0.321. The van der Waals surface area contributed by atoms with Crippen molar-refractivity contribution in [3.63, 3.8) is 0 Å². The number of benzene rings is 2. The number of nitrogens with zero attached hydrogens (tertiary/aromatic N) is 1. The Morgan fingerprint density at radius 2 is 1.62 bits per heavy atom. The molecule has 4 nitrogen and oxygen atoms in total. The van der Waals surface area contributed by atoms with Crippen molar-refractivity contribution in [3.8, 4) is 0 Å². The highest BCUT2D eigenvalue weighted by Gasteiger charge is 2.41. The first-order valence-corrected chi connectivity index (χ1v) is 9.38. The number of carbonyl (C=O) groups excluding carboxylic acids is 1. The maximum Gasteiger partial charge on any atom is 0.227 e. The summed E-state index contributed by atoms with van der Waals surface area (Å²) in [7, 11) is 0. The Morgan fingerprint density at radius 3 is 2.27 bits per heavy atom. The molecular weight excluding hydrogens is 326 g/mol. The second-order valence-electron chi connectivity index (χ2n) is 6.66. The van der Waals surface area contributed by atoms with Gasteiger partial charge in [-0.25, -0.2) is 0 Å². The third-order valence-corrected chi connectivity index (χ3v) is 4.61. The fourth-order valence-corrected chi connectivity index (χ4v) is 3.16. The zero-order chi connectivity index (χ0) is 18.2. The van der Waals surface area contributed by atoms with E-state index in [1.54, 1.807) is 0 Å². The van der Waals surface area contributed by atoms with Gasteiger partial charge in [0.15, 0.2) is 6.23 Å². The van der Waals surface area contributed by atoms with E-state index in [1.807, 2.05) is 65.6 Å². The zero-order valence-corrected chi connectivity index (χ0v) is 15.3. The number of hydrogen-bond acceptors (Lipinski definition) is 3. The number of likely N-dealkylation sites (tertiary alicyclic amines) is 1. The molecule has 0 saturated carbocycles. The van der Waals surface area contributed by atoms with E-state index in [0.717, 1.165) is 24.0 Å². The molecule has 26 heavy (non-hydrogen) atoms. The average Bonchev–Trinajstić information content (AvgIpc) is 2.97. The van der Waals surface area contributed by atoms with Crippen LogP contribution in [-0.2, 0) is 27.4 Å². The third kappa shape index (κ3) is 4.93. The van der Waals surface area contributed by atoms with E-state index in [-0.39, 0.29) is 18.2 Å². The lowest BCUT2D eigenvalue weighted by molar-refractivity contribution is -0.144. The molecule has 1 aliphatic rings. The van der Waals surface area contributed by atoms with Crippen LogP contribution in [0.15, 0.2) is 60.7 Å². The van der Waals surface area contributed by atoms with Crippen LogP contribution in [0.5, 0.6) is 0 Å². The van der Waals surface area contributed by atoms with Crippen molar-refractivity contribution in [2.75, 3.05) is 6.61 Å². The Labute approximate surface area is 155 Å². The topological polar surface area (TPSA) is 38.8 Å². The van der Waals surface area contributed by atoms with Crippen molar-refractivity contribution < 1.29 is 14.3 Å². The molecule has 1 fully saturated rings. The van der Waals surface area contributed by atoms with Gasteiger partial charge in [-0.1, -0.05) is 74.0 Å². The summed E-state index contributed by atoms with van der Waals surface area (Å²) < 4.78 is 12.2. The first-order valence-electron chi connectivity index (χ1n) is 9.38. The Bertz CT molecular complexity index is 674. The van der Waals surface area contributed by atoms with Gasteiger partial charge in [-0.15, -0.1) is 0 Å². The predicted octanol–water partition coefficient (Wildman–Crippen LogP) is 4.15. The molecule has 2 aromatic rings. The Balaban J connectivity index is 1.67. The lowest BCUT2D eigenvalue weighted by Crippen LogP contribution is -2.40. The van der Waals surface area contributed by atoms with Crippen LogP contribution >= 0.6 is 0 Å². The van der Waals surface area contributed by atoms with Crippen LogP contribution in [0.25, 0.3) is 0 Å². The fourth-order valence-electron chi connectivity index (χ4n) is 3.16. The maximum absolute atomic E-state index is 12.6. The predicted molar refractivity (Wildman–Crippen MR) is 101 cm³/mol. The van der Waals surface area contributed by atoms with Crippen LogP contribution in [0.1, 0.15) is 37.3 Å².